The third-order valence-electron chi connectivity index (χ3n) is 5.22. The number of rotatable bonds is 5. The van der Waals surface area contributed by atoms with Crippen LogP contribution in [0.15, 0.2) is 48.5 Å². The van der Waals surface area contributed by atoms with Crippen LogP contribution in [-0.4, -0.2) is 35.1 Å². The van der Waals surface area contributed by atoms with Crippen molar-refractivity contribution in [3.05, 3.63) is 65.5 Å². The summed E-state index contributed by atoms with van der Waals surface area (Å²) in [4.78, 5) is 17.4. The van der Waals surface area contributed by atoms with E-state index in [1.807, 2.05) is 43.4 Å². The van der Waals surface area contributed by atoms with Gasteiger partial charge in [-0.2, -0.15) is 0 Å². The lowest BCUT2D eigenvalue weighted by Gasteiger charge is -2.14. The molecule has 150 valence electrons. The Hall–Kier alpha value is -2.08. The predicted octanol–water partition coefficient (Wildman–Crippen LogP) is 3.47. The summed E-state index contributed by atoms with van der Waals surface area (Å²) in [6, 6.07) is 16.1. The Bertz CT molecular complexity index is 935. The third-order valence-corrected chi connectivity index (χ3v) is 5.22. The number of hydrogen-bond donors (Lipinski definition) is 2. The number of carbonyl (C=O) groups is 1. The Kier molecular flexibility index (Phi) is 7.87. The Labute approximate surface area is 177 Å². The molecule has 0 radical (unpaired) electrons. The van der Waals surface area contributed by atoms with E-state index in [9.17, 15) is 4.79 Å². The van der Waals surface area contributed by atoms with E-state index in [-0.39, 0.29) is 30.7 Å². The van der Waals surface area contributed by atoms with Crippen LogP contribution < -0.4 is 10.6 Å². The van der Waals surface area contributed by atoms with Gasteiger partial charge in [0, 0.05) is 32.1 Å². The quantitative estimate of drug-likeness (QED) is 0.664. The van der Waals surface area contributed by atoms with Gasteiger partial charge in [-0.15, -0.1) is 24.8 Å². The standard InChI is InChI=1S/C21H24N4O.2ClH/c1-25-19-9-5-4-8-18(19)24-20(25)11-13-23-21(26)17-7-3-2-6-16(17)15-10-12-22-14-15;;/h2-9,15,22H,10-14H2,1H3,(H,23,26);2*1H. The highest BCUT2D eigenvalue weighted by atomic mass is 35.5. The molecule has 1 saturated heterocycles. The number of aromatic nitrogens is 2. The van der Waals surface area contributed by atoms with E-state index in [2.05, 4.69) is 32.3 Å². The van der Waals surface area contributed by atoms with Gasteiger partial charge in [0.25, 0.3) is 5.91 Å². The van der Waals surface area contributed by atoms with Crippen LogP contribution in [0.3, 0.4) is 0 Å². The van der Waals surface area contributed by atoms with Gasteiger partial charge in [-0.1, -0.05) is 30.3 Å². The molecule has 2 heterocycles. The van der Waals surface area contributed by atoms with Crippen molar-refractivity contribution in [1.82, 2.24) is 20.2 Å². The summed E-state index contributed by atoms with van der Waals surface area (Å²) in [5.41, 5.74) is 4.06. The molecule has 5 nitrogen and oxygen atoms in total. The zero-order chi connectivity index (χ0) is 17.9. The molecule has 0 saturated carbocycles. The SMILES string of the molecule is Cl.Cl.Cn1c(CCNC(=O)c2ccccc2C2CCNC2)nc2ccccc21. The Morgan fingerprint density at radius 2 is 1.93 bits per heavy atom. The normalized spacial score (nSPS) is 15.7. The van der Waals surface area contributed by atoms with Crippen molar-refractivity contribution >= 4 is 41.8 Å². The summed E-state index contributed by atoms with van der Waals surface area (Å²) in [7, 11) is 2.02. The minimum atomic E-state index is 0. The van der Waals surface area contributed by atoms with Crippen LogP contribution in [0.5, 0.6) is 0 Å². The van der Waals surface area contributed by atoms with Gasteiger partial charge in [-0.05, 0) is 42.6 Å². The number of fused-ring (bicyclic) bond motifs is 1. The molecule has 2 aromatic carbocycles. The fourth-order valence-electron chi connectivity index (χ4n) is 3.78. The molecule has 1 fully saturated rings. The largest absolute Gasteiger partial charge is 0.352 e. The zero-order valence-electron chi connectivity index (χ0n) is 15.9. The number of nitrogens with one attached hydrogen (secondary N) is 2. The van der Waals surface area contributed by atoms with Crippen LogP contribution in [0.4, 0.5) is 0 Å². The topological polar surface area (TPSA) is 59.0 Å². The molecule has 0 bridgehead atoms. The molecule has 1 atom stereocenters. The average Bonchev–Trinajstić information content (AvgIpc) is 3.31. The molecule has 0 aliphatic carbocycles. The monoisotopic (exact) mass is 420 g/mol. The third kappa shape index (κ3) is 4.49. The highest BCUT2D eigenvalue weighted by Gasteiger charge is 2.21. The van der Waals surface area contributed by atoms with Crippen LogP contribution in [0, 0.1) is 0 Å². The second-order valence-electron chi connectivity index (χ2n) is 6.86. The fraction of sp³-hybridized carbons (Fsp3) is 0.333. The van der Waals surface area contributed by atoms with E-state index >= 15 is 0 Å². The summed E-state index contributed by atoms with van der Waals surface area (Å²) in [6.45, 7) is 2.55. The summed E-state index contributed by atoms with van der Waals surface area (Å²) < 4.78 is 2.10. The van der Waals surface area contributed by atoms with Crippen molar-refractivity contribution in [1.29, 1.82) is 0 Å². The smallest absolute Gasteiger partial charge is 0.251 e. The first-order valence-electron chi connectivity index (χ1n) is 9.22. The van der Waals surface area contributed by atoms with Gasteiger partial charge in [-0.3, -0.25) is 4.79 Å². The average molecular weight is 421 g/mol. The van der Waals surface area contributed by atoms with Gasteiger partial charge in [0.2, 0.25) is 0 Å². The van der Waals surface area contributed by atoms with Gasteiger partial charge in [0.1, 0.15) is 5.82 Å². The molecule has 2 N–H and O–H groups in total. The van der Waals surface area contributed by atoms with Crippen LogP contribution in [0.1, 0.15) is 34.1 Å². The summed E-state index contributed by atoms with van der Waals surface area (Å²) in [5.74, 6) is 1.42. The molecular formula is C21H26Cl2N4O. The predicted molar refractivity (Wildman–Crippen MR) is 118 cm³/mol. The Balaban J connectivity index is 0.00000140. The first-order valence-corrected chi connectivity index (χ1v) is 9.22. The fourth-order valence-corrected chi connectivity index (χ4v) is 3.78. The minimum Gasteiger partial charge on any atom is -0.352 e. The number of imidazole rings is 1. The van der Waals surface area contributed by atoms with E-state index in [0.29, 0.717) is 18.9 Å². The van der Waals surface area contributed by atoms with Crippen LogP contribution in [-0.2, 0) is 13.5 Å². The molecule has 1 unspecified atom stereocenters. The lowest BCUT2D eigenvalue weighted by atomic mass is 9.93. The number of nitrogens with zero attached hydrogens (tertiary/aromatic N) is 2. The number of halogens is 2. The minimum absolute atomic E-state index is 0. The van der Waals surface area contributed by atoms with E-state index in [4.69, 9.17) is 0 Å². The van der Waals surface area contributed by atoms with Gasteiger partial charge < -0.3 is 15.2 Å². The Morgan fingerprint density at radius 3 is 2.68 bits per heavy atom. The number of benzene rings is 2. The van der Waals surface area contributed by atoms with Crippen LogP contribution >= 0.6 is 24.8 Å². The Morgan fingerprint density at radius 1 is 1.18 bits per heavy atom. The molecule has 0 spiro atoms. The molecular weight excluding hydrogens is 395 g/mol. The van der Waals surface area contributed by atoms with Crippen LogP contribution in [0.25, 0.3) is 11.0 Å². The number of para-hydroxylation sites is 2. The maximum Gasteiger partial charge on any atom is 0.251 e. The lowest BCUT2D eigenvalue weighted by molar-refractivity contribution is 0.0952. The molecule has 1 amide bonds. The maximum atomic E-state index is 12.7. The summed E-state index contributed by atoms with van der Waals surface area (Å²) >= 11 is 0. The number of aryl methyl sites for hydroxylation is 1. The second kappa shape index (κ2) is 9.92. The van der Waals surface area contributed by atoms with Crippen molar-refractivity contribution in [3.63, 3.8) is 0 Å². The first-order chi connectivity index (χ1) is 12.7. The molecule has 1 aromatic heterocycles. The van der Waals surface area contributed by atoms with Crippen LogP contribution in [0.2, 0.25) is 0 Å². The van der Waals surface area contributed by atoms with Gasteiger partial charge >= 0.3 is 0 Å². The summed E-state index contributed by atoms with van der Waals surface area (Å²) in [6.07, 6.45) is 1.80. The van der Waals surface area contributed by atoms with Gasteiger partial charge in [0.15, 0.2) is 0 Å². The summed E-state index contributed by atoms with van der Waals surface area (Å²) in [5, 5.41) is 6.45. The van der Waals surface area contributed by atoms with Crippen molar-refractivity contribution in [2.75, 3.05) is 19.6 Å². The van der Waals surface area contributed by atoms with Crippen molar-refractivity contribution in [2.45, 2.75) is 18.8 Å². The highest BCUT2D eigenvalue weighted by molar-refractivity contribution is 5.95. The zero-order valence-corrected chi connectivity index (χ0v) is 17.5. The van der Waals surface area contributed by atoms with Crippen molar-refractivity contribution < 1.29 is 4.79 Å². The van der Waals surface area contributed by atoms with E-state index in [1.165, 1.54) is 0 Å². The second-order valence-corrected chi connectivity index (χ2v) is 6.86. The molecule has 3 aromatic rings. The highest BCUT2D eigenvalue weighted by Crippen LogP contribution is 2.25. The molecule has 28 heavy (non-hydrogen) atoms. The molecule has 1 aliphatic rings. The number of carbonyl (C=O) groups excluding carboxylic acids is 1. The first kappa shape index (κ1) is 22.2. The van der Waals surface area contributed by atoms with Crippen molar-refractivity contribution in [2.24, 2.45) is 7.05 Å². The van der Waals surface area contributed by atoms with Crippen molar-refractivity contribution in [3.8, 4) is 0 Å². The van der Waals surface area contributed by atoms with Gasteiger partial charge in [0.05, 0.1) is 11.0 Å². The lowest BCUT2D eigenvalue weighted by Crippen LogP contribution is -2.28. The maximum absolute atomic E-state index is 12.7. The molecule has 4 rings (SSSR count). The van der Waals surface area contributed by atoms with E-state index in [1.54, 1.807) is 0 Å². The number of hydrogen-bond acceptors (Lipinski definition) is 3. The van der Waals surface area contributed by atoms with E-state index < -0.39 is 0 Å². The van der Waals surface area contributed by atoms with E-state index in [0.717, 1.165) is 47.5 Å². The molecule has 1 aliphatic heterocycles. The molecule has 7 heteroatoms. The van der Waals surface area contributed by atoms with Gasteiger partial charge in [-0.25, -0.2) is 4.98 Å². The number of amides is 1.